The summed E-state index contributed by atoms with van der Waals surface area (Å²) in [5.41, 5.74) is 0. The van der Waals surface area contributed by atoms with Crippen molar-refractivity contribution in [2.45, 2.75) is 33.7 Å². The SMILES string of the molecule is CC(C)NCCSSCCOC(=O)C(C)C. The molecule has 16 heavy (non-hydrogen) atoms. The molecule has 0 aromatic carbocycles. The van der Waals surface area contributed by atoms with E-state index in [9.17, 15) is 4.79 Å². The zero-order valence-corrected chi connectivity index (χ0v) is 12.2. The Kier molecular flexibility index (Phi) is 10.4. The molecule has 0 rings (SSSR count). The minimum absolute atomic E-state index is 0.0205. The average Bonchev–Trinajstić information content (AvgIpc) is 2.21. The average molecular weight is 265 g/mol. The molecule has 0 heterocycles. The van der Waals surface area contributed by atoms with Crippen LogP contribution in [0.5, 0.6) is 0 Å². The molecule has 0 bridgehead atoms. The Morgan fingerprint density at radius 3 is 2.38 bits per heavy atom. The molecule has 0 amide bonds. The Balaban J connectivity index is 3.13. The van der Waals surface area contributed by atoms with Crippen molar-refractivity contribution in [1.29, 1.82) is 0 Å². The number of ether oxygens (including phenoxy) is 1. The molecule has 0 aliphatic heterocycles. The van der Waals surface area contributed by atoms with Gasteiger partial charge in [-0.05, 0) is 0 Å². The Morgan fingerprint density at radius 1 is 1.19 bits per heavy atom. The fourth-order valence-corrected chi connectivity index (χ4v) is 2.60. The van der Waals surface area contributed by atoms with Gasteiger partial charge in [0.2, 0.25) is 0 Å². The van der Waals surface area contributed by atoms with Gasteiger partial charge >= 0.3 is 5.97 Å². The van der Waals surface area contributed by atoms with Crippen LogP contribution in [0.25, 0.3) is 0 Å². The van der Waals surface area contributed by atoms with Gasteiger partial charge < -0.3 is 10.1 Å². The van der Waals surface area contributed by atoms with Gasteiger partial charge in [0, 0.05) is 24.1 Å². The summed E-state index contributed by atoms with van der Waals surface area (Å²) in [4.78, 5) is 11.1. The molecule has 0 aromatic heterocycles. The van der Waals surface area contributed by atoms with E-state index in [1.165, 1.54) is 0 Å². The molecule has 0 saturated heterocycles. The molecule has 0 fully saturated rings. The topological polar surface area (TPSA) is 38.3 Å². The summed E-state index contributed by atoms with van der Waals surface area (Å²) in [6, 6.07) is 0.553. The maximum absolute atomic E-state index is 11.1. The highest BCUT2D eigenvalue weighted by atomic mass is 33.1. The van der Waals surface area contributed by atoms with Crippen LogP contribution in [0, 0.1) is 5.92 Å². The first-order valence-corrected chi connectivity index (χ1v) is 8.17. The molecular weight excluding hydrogens is 242 g/mol. The van der Waals surface area contributed by atoms with Crippen molar-refractivity contribution in [3.63, 3.8) is 0 Å². The third kappa shape index (κ3) is 10.6. The number of carbonyl (C=O) groups excluding carboxylic acids is 1. The largest absolute Gasteiger partial charge is 0.465 e. The molecule has 0 aromatic rings. The van der Waals surface area contributed by atoms with E-state index in [0.717, 1.165) is 18.1 Å². The summed E-state index contributed by atoms with van der Waals surface area (Å²) in [5, 5.41) is 3.35. The molecule has 1 N–H and O–H groups in total. The number of rotatable bonds is 9. The van der Waals surface area contributed by atoms with Gasteiger partial charge in [-0.15, -0.1) is 0 Å². The number of carbonyl (C=O) groups is 1. The fourth-order valence-electron chi connectivity index (χ4n) is 0.850. The van der Waals surface area contributed by atoms with Crippen LogP contribution in [-0.2, 0) is 9.53 Å². The summed E-state index contributed by atoms with van der Waals surface area (Å²) in [6.45, 7) is 9.53. The first-order chi connectivity index (χ1) is 7.54. The van der Waals surface area contributed by atoms with Crippen LogP contribution in [-0.4, -0.2) is 36.7 Å². The molecule has 5 heteroatoms. The van der Waals surface area contributed by atoms with Crippen molar-refractivity contribution >= 4 is 27.6 Å². The lowest BCUT2D eigenvalue weighted by Crippen LogP contribution is -2.24. The van der Waals surface area contributed by atoms with Crippen molar-refractivity contribution in [3.05, 3.63) is 0 Å². The zero-order valence-electron chi connectivity index (χ0n) is 10.6. The Bertz CT molecular complexity index is 187. The number of hydrogen-bond donors (Lipinski definition) is 1. The van der Waals surface area contributed by atoms with E-state index < -0.39 is 0 Å². The summed E-state index contributed by atoms with van der Waals surface area (Å²) in [7, 11) is 3.58. The van der Waals surface area contributed by atoms with Crippen molar-refractivity contribution in [1.82, 2.24) is 5.32 Å². The monoisotopic (exact) mass is 265 g/mol. The third-order valence-corrected chi connectivity index (χ3v) is 4.07. The third-order valence-electron chi connectivity index (χ3n) is 1.70. The maximum Gasteiger partial charge on any atom is 0.308 e. The first kappa shape index (κ1) is 16.1. The minimum atomic E-state index is -0.105. The smallest absolute Gasteiger partial charge is 0.308 e. The van der Waals surface area contributed by atoms with Gasteiger partial charge in [0.25, 0.3) is 0 Å². The lowest BCUT2D eigenvalue weighted by molar-refractivity contribution is -0.146. The Labute approximate surface area is 107 Å². The van der Waals surface area contributed by atoms with Crippen molar-refractivity contribution in [3.8, 4) is 0 Å². The molecule has 0 radical (unpaired) electrons. The predicted octanol–water partition coefficient (Wildman–Crippen LogP) is 2.57. The zero-order chi connectivity index (χ0) is 12.4. The molecule has 0 saturated carbocycles. The fraction of sp³-hybridized carbons (Fsp3) is 0.909. The Hall–Kier alpha value is 0.130. The standard InChI is InChI=1S/C11H23NO2S2/c1-9(2)11(13)14-6-8-16-15-7-5-12-10(3)4/h9-10,12H,5-8H2,1-4H3. The van der Waals surface area contributed by atoms with Crippen LogP contribution in [0.2, 0.25) is 0 Å². The summed E-state index contributed by atoms with van der Waals surface area (Å²) < 4.78 is 5.06. The van der Waals surface area contributed by atoms with Gasteiger partial charge in [0.1, 0.15) is 6.61 Å². The lowest BCUT2D eigenvalue weighted by Gasteiger charge is -2.08. The van der Waals surface area contributed by atoms with Crippen LogP contribution >= 0.6 is 21.6 Å². The van der Waals surface area contributed by atoms with Crippen LogP contribution in [0.3, 0.4) is 0 Å². The van der Waals surface area contributed by atoms with Crippen LogP contribution in [0.1, 0.15) is 27.7 Å². The molecule has 0 unspecified atom stereocenters. The van der Waals surface area contributed by atoms with E-state index in [4.69, 9.17) is 4.74 Å². The van der Waals surface area contributed by atoms with E-state index in [2.05, 4.69) is 19.2 Å². The van der Waals surface area contributed by atoms with Gasteiger partial charge in [0.05, 0.1) is 5.92 Å². The molecule has 0 atom stereocenters. The second-order valence-electron chi connectivity index (χ2n) is 4.07. The molecule has 0 aliphatic carbocycles. The summed E-state index contributed by atoms with van der Waals surface area (Å²) >= 11 is 0. The molecule has 0 aliphatic rings. The number of hydrogen-bond acceptors (Lipinski definition) is 5. The van der Waals surface area contributed by atoms with E-state index >= 15 is 0 Å². The molecule has 3 nitrogen and oxygen atoms in total. The molecule has 0 spiro atoms. The summed E-state index contributed by atoms with van der Waals surface area (Å²) in [5.74, 6) is 1.83. The summed E-state index contributed by atoms with van der Waals surface area (Å²) in [6.07, 6.45) is 0. The normalized spacial score (nSPS) is 11.1. The van der Waals surface area contributed by atoms with Crippen LogP contribution in [0.4, 0.5) is 0 Å². The molecule has 96 valence electrons. The number of nitrogens with one attached hydrogen (secondary N) is 1. The first-order valence-electron chi connectivity index (χ1n) is 5.68. The van der Waals surface area contributed by atoms with Crippen molar-refractivity contribution in [2.24, 2.45) is 5.92 Å². The lowest BCUT2D eigenvalue weighted by atomic mass is 10.2. The van der Waals surface area contributed by atoms with Crippen LogP contribution < -0.4 is 5.32 Å². The van der Waals surface area contributed by atoms with Gasteiger partial charge in [-0.1, -0.05) is 49.3 Å². The van der Waals surface area contributed by atoms with Crippen LogP contribution in [0.15, 0.2) is 0 Å². The Morgan fingerprint density at radius 2 is 1.81 bits per heavy atom. The van der Waals surface area contributed by atoms with E-state index in [1.807, 2.05) is 24.6 Å². The second kappa shape index (κ2) is 10.3. The highest BCUT2D eigenvalue weighted by molar-refractivity contribution is 8.76. The van der Waals surface area contributed by atoms with E-state index in [-0.39, 0.29) is 11.9 Å². The van der Waals surface area contributed by atoms with E-state index in [1.54, 1.807) is 10.8 Å². The highest BCUT2D eigenvalue weighted by Crippen LogP contribution is 2.19. The minimum Gasteiger partial charge on any atom is -0.465 e. The van der Waals surface area contributed by atoms with Gasteiger partial charge in [-0.2, -0.15) is 0 Å². The highest BCUT2D eigenvalue weighted by Gasteiger charge is 2.07. The number of esters is 1. The quantitative estimate of drug-likeness (QED) is 0.394. The maximum atomic E-state index is 11.1. The van der Waals surface area contributed by atoms with Crippen molar-refractivity contribution in [2.75, 3.05) is 24.7 Å². The second-order valence-corrected chi connectivity index (χ2v) is 6.78. The van der Waals surface area contributed by atoms with Gasteiger partial charge in [-0.3, -0.25) is 4.79 Å². The van der Waals surface area contributed by atoms with Gasteiger partial charge in [-0.25, -0.2) is 0 Å². The van der Waals surface area contributed by atoms with Crippen molar-refractivity contribution < 1.29 is 9.53 Å². The van der Waals surface area contributed by atoms with E-state index in [0.29, 0.717) is 12.6 Å². The predicted molar refractivity (Wildman–Crippen MR) is 73.9 cm³/mol. The molecular formula is C11H23NO2S2. The van der Waals surface area contributed by atoms with Gasteiger partial charge in [0.15, 0.2) is 0 Å².